The molecular weight excluding hydrogens is 677 g/mol. The first-order valence-corrected chi connectivity index (χ1v) is 19.1. The quantitative estimate of drug-likeness (QED) is 0.192. The number of aromatic nitrogens is 6. The van der Waals surface area contributed by atoms with Gasteiger partial charge in [-0.05, 0) is 31.6 Å². The van der Waals surface area contributed by atoms with Crippen molar-refractivity contribution in [1.82, 2.24) is 40.0 Å². The van der Waals surface area contributed by atoms with Gasteiger partial charge < -0.3 is 24.3 Å². The van der Waals surface area contributed by atoms with Crippen molar-refractivity contribution in [2.75, 3.05) is 65.9 Å². The molecule has 0 saturated carbocycles. The van der Waals surface area contributed by atoms with E-state index in [4.69, 9.17) is 18.9 Å². The zero-order chi connectivity index (χ0) is 39.6. The van der Waals surface area contributed by atoms with Gasteiger partial charge in [0.1, 0.15) is 0 Å². The summed E-state index contributed by atoms with van der Waals surface area (Å²) in [5.74, 6) is 0.0326. The lowest BCUT2D eigenvalue weighted by molar-refractivity contribution is -0.128. The highest BCUT2D eigenvalue weighted by molar-refractivity contribution is 7.90. The number of nitrogens with zero attached hydrogens (tertiary/aromatic N) is 6. The summed E-state index contributed by atoms with van der Waals surface area (Å²) in [5, 5.41) is 17.8. The lowest BCUT2D eigenvalue weighted by Crippen LogP contribution is -2.40. The fourth-order valence-electron chi connectivity index (χ4n) is 2.63. The zero-order valence-corrected chi connectivity index (χ0v) is 35.1. The first-order valence-electron chi connectivity index (χ1n) is 17.6. The van der Waals surface area contributed by atoms with Crippen molar-refractivity contribution in [2.24, 2.45) is 16.2 Å². The fourth-order valence-corrected chi connectivity index (χ4v) is 3.42. The van der Waals surface area contributed by atoms with Crippen LogP contribution in [0.1, 0.15) is 96.9 Å². The Morgan fingerprint density at radius 2 is 0.941 bits per heavy atom. The molecule has 2 rings (SSSR count). The Bertz CT molecular complexity index is 1170. The van der Waals surface area contributed by atoms with Gasteiger partial charge in [0, 0.05) is 30.9 Å². The molecule has 1 amide bonds. The first-order chi connectivity index (χ1) is 23.3. The summed E-state index contributed by atoms with van der Waals surface area (Å²) in [6, 6.07) is 0. The minimum absolute atomic E-state index is 0.0326. The number of nitrogens with one attached hydrogen (secondary N) is 2. The molecule has 0 aliphatic carbocycles. The monoisotopic (exact) mass is 749 g/mol. The van der Waals surface area contributed by atoms with Gasteiger partial charge in [-0.3, -0.25) is 14.2 Å². The van der Waals surface area contributed by atoms with E-state index < -0.39 is 14.8 Å². The highest BCUT2D eigenvalue weighted by Crippen LogP contribution is 2.13. The Morgan fingerprint density at radius 3 is 1.25 bits per heavy atom. The average Bonchev–Trinajstić information content (AvgIpc) is 3.67. The summed E-state index contributed by atoms with van der Waals surface area (Å²) in [6.45, 7) is 34.1. The molecule has 15 nitrogen and oxygen atoms in total. The fraction of sp³-hybridized carbons (Fsp3) is 0.857. The maximum absolute atomic E-state index is 11.7. The summed E-state index contributed by atoms with van der Waals surface area (Å²) in [4.78, 5) is 11.5. The van der Waals surface area contributed by atoms with Crippen molar-refractivity contribution in [3.63, 3.8) is 0 Å². The molecule has 0 atom stereocenters. The zero-order valence-electron chi connectivity index (χ0n) is 34.2. The van der Waals surface area contributed by atoms with Crippen LogP contribution in [0, 0.1) is 16.2 Å². The molecule has 0 bridgehead atoms. The van der Waals surface area contributed by atoms with Crippen LogP contribution >= 0.6 is 0 Å². The molecular formula is C35H72N8O7S. The van der Waals surface area contributed by atoms with Gasteiger partial charge in [-0.1, -0.05) is 86.6 Å². The molecule has 0 aliphatic heterocycles. The summed E-state index contributed by atoms with van der Waals surface area (Å²) in [6.07, 6.45) is 6.80. The normalized spacial score (nSPS) is 12.1. The standard InChI is InChI=1S/C13H24N4O3.C12H24N4O4S.2C5H12/c1-13(2,3)12(18)14-5-8-19-10-11-20-9-7-17-6-4-15-16-17;1-12(2,3)21(17,18)14-5-8-19-10-11-20-9-7-16-6-4-13-15-16;2*1-5(2,3)4/h4,6H,5,7-11H2,1-3H3,(H,14,18);4,6,14H,5,7-11H2,1-3H3;2*1-4H3. The third-order valence-corrected chi connectivity index (χ3v) is 7.37. The molecule has 0 spiro atoms. The van der Waals surface area contributed by atoms with Crippen LogP contribution in [0.15, 0.2) is 24.8 Å². The molecule has 0 saturated heterocycles. The highest BCUT2D eigenvalue weighted by Gasteiger charge is 2.28. The summed E-state index contributed by atoms with van der Waals surface area (Å²) in [5.41, 5.74) is 0.643. The van der Waals surface area contributed by atoms with E-state index in [1.54, 1.807) is 54.9 Å². The van der Waals surface area contributed by atoms with Crippen molar-refractivity contribution in [3.05, 3.63) is 24.8 Å². The molecule has 0 aromatic carbocycles. The molecule has 16 heteroatoms. The van der Waals surface area contributed by atoms with Gasteiger partial charge in [0.2, 0.25) is 15.9 Å². The van der Waals surface area contributed by atoms with E-state index in [-0.39, 0.29) is 17.9 Å². The van der Waals surface area contributed by atoms with Gasteiger partial charge in [-0.15, -0.1) is 10.2 Å². The van der Waals surface area contributed by atoms with Gasteiger partial charge in [0.15, 0.2) is 0 Å². The minimum atomic E-state index is -3.30. The second-order valence-corrected chi connectivity index (χ2v) is 19.3. The summed E-state index contributed by atoms with van der Waals surface area (Å²) >= 11 is 0. The lowest BCUT2D eigenvalue weighted by atomic mass is 9.96. The Morgan fingerprint density at radius 1 is 0.588 bits per heavy atom. The SMILES string of the molecule is CC(C)(C)C.CC(C)(C)C.CC(C)(C)C(=O)NCCOCCOCCn1ccnn1.CC(C)(C)S(=O)(=O)NCCOCCOCCn1ccnn1. The number of carbonyl (C=O) groups is 1. The Hall–Kier alpha value is -2.50. The summed E-state index contributed by atoms with van der Waals surface area (Å²) in [7, 11) is -3.30. The van der Waals surface area contributed by atoms with Crippen LogP contribution in [0.25, 0.3) is 0 Å². The third kappa shape index (κ3) is 37.1. The maximum atomic E-state index is 11.7. The van der Waals surface area contributed by atoms with Crippen molar-refractivity contribution in [3.8, 4) is 0 Å². The number of sulfonamides is 1. The minimum Gasteiger partial charge on any atom is -0.378 e. The predicted octanol–water partition coefficient (Wildman–Crippen LogP) is 4.61. The van der Waals surface area contributed by atoms with Crippen LogP contribution < -0.4 is 10.0 Å². The van der Waals surface area contributed by atoms with Crippen molar-refractivity contribution >= 4 is 15.9 Å². The second kappa shape index (κ2) is 26.3. The van der Waals surface area contributed by atoms with Gasteiger partial charge >= 0.3 is 0 Å². The number of rotatable bonds is 19. The van der Waals surface area contributed by atoms with Crippen LogP contribution in [-0.2, 0) is 46.9 Å². The second-order valence-electron chi connectivity index (χ2n) is 16.8. The highest BCUT2D eigenvalue weighted by atomic mass is 32.2. The van der Waals surface area contributed by atoms with E-state index in [2.05, 4.69) is 86.1 Å². The molecule has 2 aromatic rings. The van der Waals surface area contributed by atoms with Crippen LogP contribution in [-0.4, -0.2) is 115 Å². The molecule has 2 N–H and O–H groups in total. The van der Waals surface area contributed by atoms with E-state index >= 15 is 0 Å². The molecule has 0 radical (unpaired) electrons. The predicted molar refractivity (Wildman–Crippen MR) is 203 cm³/mol. The largest absolute Gasteiger partial charge is 0.378 e. The number of carbonyl (C=O) groups excluding carboxylic acids is 1. The van der Waals surface area contributed by atoms with Crippen molar-refractivity contribution in [1.29, 1.82) is 0 Å². The number of hydrogen-bond acceptors (Lipinski definition) is 11. The van der Waals surface area contributed by atoms with Gasteiger partial charge in [0.25, 0.3) is 0 Å². The molecule has 0 unspecified atom stereocenters. The van der Waals surface area contributed by atoms with E-state index in [1.807, 2.05) is 20.8 Å². The molecule has 2 aromatic heterocycles. The number of ether oxygens (including phenoxy) is 4. The number of hydrogen-bond donors (Lipinski definition) is 2. The first kappa shape index (κ1) is 50.6. The van der Waals surface area contributed by atoms with E-state index in [0.29, 0.717) is 83.3 Å². The lowest BCUT2D eigenvalue weighted by Gasteiger charge is -2.19. The smallest absolute Gasteiger partial charge is 0.225 e. The Balaban J connectivity index is 0. The van der Waals surface area contributed by atoms with Crippen LogP contribution in [0.3, 0.4) is 0 Å². The molecule has 300 valence electrons. The van der Waals surface area contributed by atoms with E-state index in [9.17, 15) is 13.2 Å². The van der Waals surface area contributed by atoms with E-state index in [0.717, 1.165) is 0 Å². The van der Waals surface area contributed by atoms with Crippen molar-refractivity contribution < 1.29 is 32.2 Å². The number of amides is 1. The van der Waals surface area contributed by atoms with Gasteiger partial charge in [-0.25, -0.2) is 13.1 Å². The van der Waals surface area contributed by atoms with Gasteiger partial charge in [0.05, 0.1) is 83.1 Å². The maximum Gasteiger partial charge on any atom is 0.225 e. The Kier molecular flexibility index (Phi) is 26.1. The Labute approximate surface area is 309 Å². The van der Waals surface area contributed by atoms with Gasteiger partial charge in [-0.2, -0.15) is 0 Å². The molecule has 51 heavy (non-hydrogen) atoms. The van der Waals surface area contributed by atoms with Crippen LogP contribution in [0.4, 0.5) is 0 Å². The van der Waals surface area contributed by atoms with Crippen LogP contribution in [0.5, 0.6) is 0 Å². The molecule has 2 heterocycles. The molecule has 0 aliphatic rings. The van der Waals surface area contributed by atoms with Crippen molar-refractivity contribution in [2.45, 2.75) is 115 Å². The van der Waals surface area contributed by atoms with E-state index in [1.165, 1.54) is 0 Å². The average molecular weight is 749 g/mol. The molecule has 0 fully saturated rings. The third-order valence-electron chi connectivity index (χ3n) is 5.18. The topological polar surface area (TPSA) is 174 Å². The summed E-state index contributed by atoms with van der Waals surface area (Å²) < 4.78 is 50.0. The van der Waals surface area contributed by atoms with Crippen LogP contribution in [0.2, 0.25) is 0 Å².